The van der Waals surface area contributed by atoms with Gasteiger partial charge < -0.3 is 11.5 Å². The molecule has 108 valence electrons. The number of benzene rings is 1. The molecule has 1 aromatic heterocycles. The van der Waals surface area contributed by atoms with Crippen LogP contribution in [0.4, 0.5) is 4.39 Å². The largest absolute Gasteiger partial charge is 0.370 e. The van der Waals surface area contributed by atoms with E-state index in [0.717, 1.165) is 11.3 Å². The molecule has 0 saturated heterocycles. The summed E-state index contributed by atoms with van der Waals surface area (Å²) in [6.07, 6.45) is 1.76. The van der Waals surface area contributed by atoms with Crippen molar-refractivity contribution in [3.05, 3.63) is 64.2 Å². The van der Waals surface area contributed by atoms with Gasteiger partial charge in [0.2, 0.25) is 0 Å². The van der Waals surface area contributed by atoms with Crippen molar-refractivity contribution in [3.63, 3.8) is 0 Å². The van der Waals surface area contributed by atoms with Crippen LogP contribution in [0.15, 0.2) is 41.4 Å². The Labute approximate surface area is 127 Å². The summed E-state index contributed by atoms with van der Waals surface area (Å²) < 4.78 is 13.0. The maximum absolute atomic E-state index is 13.0. The number of rotatable bonds is 3. The lowest BCUT2D eigenvalue weighted by molar-refractivity contribution is 0.627. The maximum Gasteiger partial charge on any atom is 0.191 e. The molecule has 0 atom stereocenters. The fourth-order valence-electron chi connectivity index (χ4n) is 1.83. The molecule has 6 heteroatoms. The average molecular weight is 305 g/mol. The van der Waals surface area contributed by atoms with Crippen molar-refractivity contribution in [1.82, 2.24) is 4.98 Å². The third-order valence-electron chi connectivity index (χ3n) is 2.64. The molecule has 1 aromatic carbocycles. The molecule has 0 saturated carbocycles. The SMILES string of the molecule is Cc1cc(/C=C(/N=C(N)N)c2ccc(F)cc2)cc(Cl)n1. The molecular weight excluding hydrogens is 291 g/mol. The van der Waals surface area contributed by atoms with Gasteiger partial charge in [-0.1, -0.05) is 11.6 Å². The lowest BCUT2D eigenvalue weighted by atomic mass is 10.1. The van der Waals surface area contributed by atoms with Gasteiger partial charge in [-0.05, 0) is 55.0 Å². The normalized spacial score (nSPS) is 11.3. The maximum atomic E-state index is 13.0. The van der Waals surface area contributed by atoms with E-state index in [1.54, 1.807) is 24.3 Å². The first-order valence-corrected chi connectivity index (χ1v) is 6.53. The molecular formula is C15H14ClFN4. The molecule has 0 amide bonds. The van der Waals surface area contributed by atoms with E-state index in [9.17, 15) is 4.39 Å². The fraction of sp³-hybridized carbons (Fsp3) is 0.0667. The minimum absolute atomic E-state index is 0.0811. The van der Waals surface area contributed by atoms with Crippen molar-refractivity contribution in [2.45, 2.75) is 6.92 Å². The van der Waals surface area contributed by atoms with Gasteiger partial charge in [-0.2, -0.15) is 0 Å². The number of aliphatic imine (C=N–C) groups is 1. The molecule has 2 aromatic rings. The van der Waals surface area contributed by atoms with E-state index in [2.05, 4.69) is 9.98 Å². The van der Waals surface area contributed by atoms with Crippen LogP contribution in [0.2, 0.25) is 5.15 Å². The summed E-state index contributed by atoms with van der Waals surface area (Å²) in [5.74, 6) is -0.409. The average Bonchev–Trinajstić information content (AvgIpc) is 2.37. The molecule has 4 N–H and O–H groups in total. The quantitative estimate of drug-likeness (QED) is 0.520. The Balaban J connectivity index is 2.51. The lowest BCUT2D eigenvalue weighted by Gasteiger charge is -2.05. The highest BCUT2D eigenvalue weighted by atomic mass is 35.5. The molecule has 0 unspecified atom stereocenters. The second-order valence-corrected chi connectivity index (χ2v) is 4.82. The van der Waals surface area contributed by atoms with E-state index in [1.165, 1.54) is 12.1 Å². The van der Waals surface area contributed by atoms with Crippen molar-refractivity contribution >= 4 is 29.3 Å². The molecule has 0 spiro atoms. The summed E-state index contributed by atoms with van der Waals surface area (Å²) in [6.45, 7) is 1.83. The smallest absolute Gasteiger partial charge is 0.191 e. The van der Waals surface area contributed by atoms with Crippen LogP contribution in [0.25, 0.3) is 11.8 Å². The summed E-state index contributed by atoms with van der Waals surface area (Å²) >= 11 is 5.93. The minimum atomic E-state index is -0.328. The summed E-state index contributed by atoms with van der Waals surface area (Å²) in [5, 5.41) is 0.379. The monoisotopic (exact) mass is 304 g/mol. The van der Waals surface area contributed by atoms with Gasteiger partial charge in [-0.25, -0.2) is 14.4 Å². The Kier molecular flexibility index (Phi) is 4.55. The number of aryl methyl sites for hydroxylation is 1. The van der Waals surface area contributed by atoms with E-state index < -0.39 is 0 Å². The zero-order valence-corrected chi connectivity index (χ0v) is 12.1. The highest BCUT2D eigenvalue weighted by Crippen LogP contribution is 2.21. The van der Waals surface area contributed by atoms with Gasteiger partial charge in [0, 0.05) is 11.3 Å². The summed E-state index contributed by atoms with van der Waals surface area (Å²) in [5.41, 5.74) is 13.7. The first-order chi connectivity index (χ1) is 9.94. The standard InChI is InChI=1S/C15H14ClFN4/c1-9-6-10(8-14(16)20-9)7-13(21-15(18)19)11-2-4-12(17)5-3-11/h2-8H,1H3,(H4,18,19,21)/b13-7+. The van der Waals surface area contributed by atoms with Crippen molar-refractivity contribution < 1.29 is 4.39 Å². The van der Waals surface area contributed by atoms with Crippen LogP contribution >= 0.6 is 11.6 Å². The van der Waals surface area contributed by atoms with Crippen LogP contribution in [-0.2, 0) is 0 Å². The zero-order valence-electron chi connectivity index (χ0n) is 11.3. The van der Waals surface area contributed by atoms with Gasteiger partial charge in [0.05, 0.1) is 5.70 Å². The second kappa shape index (κ2) is 6.37. The van der Waals surface area contributed by atoms with Crippen molar-refractivity contribution in [1.29, 1.82) is 0 Å². The van der Waals surface area contributed by atoms with Crippen LogP contribution in [0.5, 0.6) is 0 Å². The predicted molar refractivity (Wildman–Crippen MR) is 84.1 cm³/mol. The van der Waals surface area contributed by atoms with Gasteiger partial charge in [-0.15, -0.1) is 0 Å². The Hall–Kier alpha value is -2.40. The third kappa shape index (κ3) is 4.29. The van der Waals surface area contributed by atoms with Crippen molar-refractivity contribution in [2.24, 2.45) is 16.5 Å². The third-order valence-corrected chi connectivity index (χ3v) is 2.83. The number of halogens is 2. The summed E-state index contributed by atoms with van der Waals surface area (Å²) in [6, 6.07) is 9.43. The van der Waals surface area contributed by atoms with Gasteiger partial charge in [0.1, 0.15) is 11.0 Å². The minimum Gasteiger partial charge on any atom is -0.370 e. The van der Waals surface area contributed by atoms with Crippen LogP contribution in [-0.4, -0.2) is 10.9 Å². The van der Waals surface area contributed by atoms with Crippen molar-refractivity contribution in [2.75, 3.05) is 0 Å². The first kappa shape index (κ1) is 15.0. The number of hydrogen-bond acceptors (Lipinski definition) is 2. The van der Waals surface area contributed by atoms with Crippen molar-refractivity contribution in [3.8, 4) is 0 Å². The van der Waals surface area contributed by atoms with Gasteiger partial charge >= 0.3 is 0 Å². The number of nitrogens with zero attached hydrogens (tertiary/aromatic N) is 2. The van der Waals surface area contributed by atoms with Crippen LogP contribution in [0, 0.1) is 12.7 Å². The molecule has 21 heavy (non-hydrogen) atoms. The van der Waals surface area contributed by atoms with E-state index in [1.807, 2.05) is 13.0 Å². The Morgan fingerprint density at radius 3 is 2.48 bits per heavy atom. The number of hydrogen-bond donors (Lipinski definition) is 2. The van der Waals surface area contributed by atoms with E-state index >= 15 is 0 Å². The van der Waals surface area contributed by atoms with Crippen LogP contribution in [0.1, 0.15) is 16.8 Å². The highest BCUT2D eigenvalue weighted by molar-refractivity contribution is 6.29. The van der Waals surface area contributed by atoms with E-state index in [-0.39, 0.29) is 11.8 Å². The molecule has 0 aliphatic carbocycles. The second-order valence-electron chi connectivity index (χ2n) is 4.44. The summed E-state index contributed by atoms with van der Waals surface area (Å²) in [4.78, 5) is 8.17. The topological polar surface area (TPSA) is 77.3 Å². The first-order valence-electron chi connectivity index (χ1n) is 6.15. The van der Waals surface area contributed by atoms with Crippen LogP contribution in [0.3, 0.4) is 0 Å². The molecule has 0 fully saturated rings. The predicted octanol–water partition coefficient (Wildman–Crippen LogP) is 2.95. The van der Waals surface area contributed by atoms with Gasteiger partial charge in [0.15, 0.2) is 5.96 Å². The Morgan fingerprint density at radius 1 is 1.24 bits per heavy atom. The van der Waals surface area contributed by atoms with E-state index in [4.69, 9.17) is 23.1 Å². The Bertz CT molecular complexity index is 684. The number of aromatic nitrogens is 1. The molecule has 0 aliphatic rings. The zero-order chi connectivity index (χ0) is 15.4. The van der Waals surface area contributed by atoms with Crippen LogP contribution < -0.4 is 11.5 Å². The van der Waals surface area contributed by atoms with E-state index in [0.29, 0.717) is 16.4 Å². The van der Waals surface area contributed by atoms with Gasteiger partial charge in [-0.3, -0.25) is 0 Å². The molecule has 0 aliphatic heterocycles. The lowest BCUT2D eigenvalue weighted by Crippen LogP contribution is -2.22. The number of pyridine rings is 1. The molecule has 4 nitrogen and oxygen atoms in total. The molecule has 0 bridgehead atoms. The molecule has 0 radical (unpaired) electrons. The number of guanidine groups is 1. The molecule has 2 rings (SSSR count). The highest BCUT2D eigenvalue weighted by Gasteiger charge is 2.04. The van der Waals surface area contributed by atoms with Gasteiger partial charge in [0.25, 0.3) is 0 Å². The summed E-state index contributed by atoms with van der Waals surface area (Å²) in [7, 11) is 0. The number of nitrogens with two attached hydrogens (primary N) is 2. The molecule has 1 heterocycles. The Morgan fingerprint density at radius 2 is 1.90 bits per heavy atom. The fourth-order valence-corrected chi connectivity index (χ4v) is 2.09.